The Morgan fingerprint density at radius 3 is 2.58 bits per heavy atom. The Hall–Kier alpha value is 0.400. The summed E-state index contributed by atoms with van der Waals surface area (Å²) in [5.41, 5.74) is 0. The van der Waals surface area contributed by atoms with Gasteiger partial charge in [0, 0.05) is 24.5 Å². The van der Waals surface area contributed by atoms with Crippen LogP contribution in [0.3, 0.4) is 0 Å². The van der Waals surface area contributed by atoms with Crippen LogP contribution in [0.25, 0.3) is 0 Å². The highest BCUT2D eigenvalue weighted by molar-refractivity contribution is 9.09. The molecule has 0 aliphatic rings. The fraction of sp³-hybridized carbons (Fsp3) is 1.00. The maximum Gasteiger partial charge on any atom is 0.0593 e. The minimum atomic E-state index is 0.593. The molecule has 0 aliphatic carbocycles. The summed E-state index contributed by atoms with van der Waals surface area (Å²) in [6.45, 7) is 7.09. The highest BCUT2D eigenvalue weighted by Gasteiger charge is 2.05. The first-order valence-electron chi connectivity index (χ1n) is 4.56. The second-order valence-corrected chi connectivity index (χ2v) is 3.74. The van der Waals surface area contributed by atoms with Crippen molar-refractivity contribution in [1.29, 1.82) is 0 Å². The van der Waals surface area contributed by atoms with Crippen molar-refractivity contribution in [2.45, 2.75) is 26.3 Å². The third-order valence-corrected chi connectivity index (χ3v) is 2.85. The summed E-state index contributed by atoms with van der Waals surface area (Å²) in [6, 6.07) is 0.593. The Balaban J connectivity index is 3.24. The monoisotopic (exact) mass is 237 g/mol. The molecule has 1 unspecified atom stereocenters. The van der Waals surface area contributed by atoms with Gasteiger partial charge in [0.25, 0.3) is 0 Å². The Bertz CT molecular complexity index is 101. The molecule has 0 bridgehead atoms. The van der Waals surface area contributed by atoms with Crippen molar-refractivity contribution in [3.8, 4) is 0 Å². The number of hydrogen-bond donors (Lipinski definition) is 0. The van der Waals surface area contributed by atoms with Gasteiger partial charge in [0.05, 0.1) is 6.61 Å². The van der Waals surface area contributed by atoms with Gasteiger partial charge in [-0.15, -0.1) is 0 Å². The smallest absolute Gasteiger partial charge is 0.0593 e. The van der Waals surface area contributed by atoms with Crippen LogP contribution in [-0.4, -0.2) is 43.1 Å². The van der Waals surface area contributed by atoms with Crippen molar-refractivity contribution in [1.82, 2.24) is 4.90 Å². The molecule has 0 amide bonds. The molecule has 0 radical (unpaired) electrons. The van der Waals surface area contributed by atoms with E-state index in [2.05, 4.69) is 41.7 Å². The SMILES string of the molecule is CCCOCCN(C)C(C)CBr. The van der Waals surface area contributed by atoms with E-state index < -0.39 is 0 Å². The van der Waals surface area contributed by atoms with Gasteiger partial charge in [-0.2, -0.15) is 0 Å². The first-order chi connectivity index (χ1) is 5.72. The predicted molar refractivity (Wildman–Crippen MR) is 57.0 cm³/mol. The predicted octanol–water partition coefficient (Wildman–Crippen LogP) is 2.13. The Kier molecular flexibility index (Phi) is 8.29. The van der Waals surface area contributed by atoms with Gasteiger partial charge in [0.2, 0.25) is 0 Å². The first-order valence-corrected chi connectivity index (χ1v) is 5.68. The van der Waals surface area contributed by atoms with Crippen LogP contribution >= 0.6 is 15.9 Å². The van der Waals surface area contributed by atoms with E-state index in [9.17, 15) is 0 Å². The lowest BCUT2D eigenvalue weighted by molar-refractivity contribution is 0.104. The molecule has 0 N–H and O–H groups in total. The molecule has 0 aromatic heterocycles. The van der Waals surface area contributed by atoms with E-state index in [4.69, 9.17) is 4.74 Å². The third-order valence-electron chi connectivity index (χ3n) is 1.91. The second-order valence-electron chi connectivity index (χ2n) is 3.10. The van der Waals surface area contributed by atoms with E-state index in [-0.39, 0.29) is 0 Å². The molecular formula is C9H20BrNO. The van der Waals surface area contributed by atoms with Crippen LogP contribution in [0.1, 0.15) is 20.3 Å². The van der Waals surface area contributed by atoms with Gasteiger partial charge in [-0.3, -0.25) is 0 Å². The van der Waals surface area contributed by atoms with Crippen LogP contribution in [0.2, 0.25) is 0 Å². The number of halogens is 1. The van der Waals surface area contributed by atoms with Crippen molar-refractivity contribution in [2.24, 2.45) is 0 Å². The van der Waals surface area contributed by atoms with Gasteiger partial charge in [-0.05, 0) is 20.4 Å². The van der Waals surface area contributed by atoms with Gasteiger partial charge in [0.15, 0.2) is 0 Å². The second kappa shape index (κ2) is 8.02. The van der Waals surface area contributed by atoms with Crippen LogP contribution in [0.5, 0.6) is 0 Å². The zero-order valence-corrected chi connectivity index (χ0v) is 9.93. The van der Waals surface area contributed by atoms with Crippen molar-refractivity contribution in [3.63, 3.8) is 0 Å². The summed E-state index contributed by atoms with van der Waals surface area (Å²) in [4.78, 5) is 2.30. The van der Waals surface area contributed by atoms with E-state index in [1.54, 1.807) is 0 Å². The lowest BCUT2D eigenvalue weighted by Crippen LogP contribution is -2.33. The molecule has 0 spiro atoms. The molecule has 12 heavy (non-hydrogen) atoms. The van der Waals surface area contributed by atoms with Gasteiger partial charge in [-0.25, -0.2) is 0 Å². The molecule has 0 aromatic rings. The summed E-state index contributed by atoms with van der Waals surface area (Å²) in [7, 11) is 2.13. The molecule has 1 atom stereocenters. The van der Waals surface area contributed by atoms with Gasteiger partial charge in [0.1, 0.15) is 0 Å². The molecule has 74 valence electrons. The van der Waals surface area contributed by atoms with E-state index in [1.807, 2.05) is 0 Å². The minimum absolute atomic E-state index is 0.593. The zero-order chi connectivity index (χ0) is 9.40. The molecule has 0 saturated carbocycles. The van der Waals surface area contributed by atoms with Crippen LogP contribution in [0, 0.1) is 0 Å². The van der Waals surface area contributed by atoms with E-state index in [0.717, 1.165) is 31.5 Å². The van der Waals surface area contributed by atoms with E-state index >= 15 is 0 Å². The average molecular weight is 238 g/mol. The average Bonchev–Trinajstić information content (AvgIpc) is 2.10. The fourth-order valence-corrected chi connectivity index (χ4v) is 1.29. The largest absolute Gasteiger partial charge is 0.380 e. The number of hydrogen-bond acceptors (Lipinski definition) is 2. The van der Waals surface area contributed by atoms with Crippen molar-refractivity contribution in [2.75, 3.05) is 32.1 Å². The fourth-order valence-electron chi connectivity index (χ4n) is 0.793. The molecular weight excluding hydrogens is 218 g/mol. The Morgan fingerprint density at radius 1 is 1.42 bits per heavy atom. The van der Waals surface area contributed by atoms with Crippen molar-refractivity contribution in [3.05, 3.63) is 0 Å². The number of nitrogens with zero attached hydrogens (tertiary/aromatic N) is 1. The Labute approximate surface area is 84.4 Å². The van der Waals surface area contributed by atoms with Crippen molar-refractivity contribution < 1.29 is 4.74 Å². The van der Waals surface area contributed by atoms with Crippen LogP contribution < -0.4 is 0 Å². The van der Waals surface area contributed by atoms with Gasteiger partial charge >= 0.3 is 0 Å². The zero-order valence-electron chi connectivity index (χ0n) is 8.35. The molecule has 2 nitrogen and oxygen atoms in total. The lowest BCUT2D eigenvalue weighted by Gasteiger charge is -2.22. The maximum atomic E-state index is 5.39. The van der Waals surface area contributed by atoms with Crippen molar-refractivity contribution >= 4 is 15.9 Å². The molecule has 0 saturated heterocycles. The normalized spacial score (nSPS) is 13.8. The Morgan fingerprint density at radius 2 is 2.08 bits per heavy atom. The molecule has 0 aliphatic heterocycles. The first kappa shape index (κ1) is 12.4. The van der Waals surface area contributed by atoms with E-state index in [0.29, 0.717) is 6.04 Å². The minimum Gasteiger partial charge on any atom is -0.380 e. The van der Waals surface area contributed by atoms with Crippen LogP contribution in [-0.2, 0) is 4.74 Å². The third kappa shape index (κ3) is 5.98. The lowest BCUT2D eigenvalue weighted by atomic mass is 10.3. The highest BCUT2D eigenvalue weighted by Crippen LogP contribution is 1.98. The summed E-state index contributed by atoms with van der Waals surface area (Å²) in [5.74, 6) is 0. The number of alkyl halides is 1. The number of likely N-dealkylation sites (N-methyl/N-ethyl adjacent to an activating group) is 1. The number of rotatable bonds is 7. The molecule has 3 heteroatoms. The molecule has 0 fully saturated rings. The van der Waals surface area contributed by atoms with Gasteiger partial charge in [-0.1, -0.05) is 22.9 Å². The highest BCUT2D eigenvalue weighted by atomic mass is 79.9. The molecule has 0 aromatic carbocycles. The quantitative estimate of drug-likeness (QED) is 0.497. The molecule has 0 heterocycles. The molecule has 0 rings (SSSR count). The summed E-state index contributed by atoms with van der Waals surface area (Å²) >= 11 is 3.46. The maximum absolute atomic E-state index is 5.39. The topological polar surface area (TPSA) is 12.5 Å². The number of ether oxygens (including phenoxy) is 1. The standard InChI is InChI=1S/C9H20BrNO/c1-4-6-12-7-5-11(3)9(2)8-10/h9H,4-8H2,1-3H3. The van der Waals surface area contributed by atoms with Gasteiger partial charge < -0.3 is 9.64 Å². The van der Waals surface area contributed by atoms with E-state index in [1.165, 1.54) is 0 Å². The summed E-state index contributed by atoms with van der Waals surface area (Å²) < 4.78 is 5.39. The summed E-state index contributed by atoms with van der Waals surface area (Å²) in [6.07, 6.45) is 1.11. The van der Waals surface area contributed by atoms with Crippen LogP contribution in [0.4, 0.5) is 0 Å². The van der Waals surface area contributed by atoms with Crippen LogP contribution in [0.15, 0.2) is 0 Å². The summed E-state index contributed by atoms with van der Waals surface area (Å²) in [5, 5.41) is 1.03.